The van der Waals surface area contributed by atoms with Gasteiger partial charge in [0.15, 0.2) is 5.58 Å². The third kappa shape index (κ3) is 4.49. The van der Waals surface area contributed by atoms with E-state index in [-0.39, 0.29) is 0 Å². The van der Waals surface area contributed by atoms with Crippen molar-refractivity contribution in [2.45, 2.75) is 0 Å². The summed E-state index contributed by atoms with van der Waals surface area (Å²) in [5.74, 6) is 0.641. The summed E-state index contributed by atoms with van der Waals surface area (Å²) in [5, 5.41) is 2.50. The van der Waals surface area contributed by atoms with Crippen molar-refractivity contribution < 1.29 is 4.42 Å². The number of fused-ring (bicyclic) bond motifs is 4. The molecular formula is C43H28N2O. The predicted octanol–water partition coefficient (Wildman–Crippen LogP) is 11.6. The SMILES string of the molecule is c1ccc(-c2ccc(-c3ccc4c(c3)c3ccccc3n4-c3ccc(-c4ccc(-c5nc6ccccc6o5)cc4)cc3)cc2)cc1. The third-order valence-corrected chi connectivity index (χ3v) is 8.88. The van der Waals surface area contributed by atoms with Gasteiger partial charge >= 0.3 is 0 Å². The van der Waals surface area contributed by atoms with Gasteiger partial charge in [-0.15, -0.1) is 0 Å². The van der Waals surface area contributed by atoms with E-state index in [0.29, 0.717) is 5.89 Å². The van der Waals surface area contributed by atoms with E-state index in [0.717, 1.165) is 33.5 Å². The van der Waals surface area contributed by atoms with Gasteiger partial charge in [-0.05, 0) is 88.0 Å². The van der Waals surface area contributed by atoms with Crippen molar-refractivity contribution in [2.24, 2.45) is 0 Å². The van der Waals surface area contributed by atoms with E-state index in [1.165, 1.54) is 44.1 Å². The van der Waals surface area contributed by atoms with Gasteiger partial charge in [0.05, 0.1) is 11.0 Å². The summed E-state index contributed by atoms with van der Waals surface area (Å²) in [6.45, 7) is 0. The van der Waals surface area contributed by atoms with Crippen molar-refractivity contribution in [2.75, 3.05) is 0 Å². The summed E-state index contributed by atoms with van der Waals surface area (Å²) >= 11 is 0. The smallest absolute Gasteiger partial charge is 0.227 e. The van der Waals surface area contributed by atoms with Crippen LogP contribution in [0.3, 0.4) is 0 Å². The molecule has 0 aliphatic rings. The largest absolute Gasteiger partial charge is 0.436 e. The molecule has 46 heavy (non-hydrogen) atoms. The number of para-hydroxylation sites is 3. The Labute approximate surface area is 266 Å². The Balaban J connectivity index is 1.04. The number of rotatable bonds is 5. The molecule has 0 bridgehead atoms. The molecule has 0 aliphatic heterocycles. The van der Waals surface area contributed by atoms with E-state index >= 15 is 0 Å². The van der Waals surface area contributed by atoms with E-state index in [1.807, 2.05) is 24.3 Å². The highest BCUT2D eigenvalue weighted by Crippen LogP contribution is 2.36. The van der Waals surface area contributed by atoms with E-state index < -0.39 is 0 Å². The molecule has 9 rings (SSSR count). The summed E-state index contributed by atoms with van der Waals surface area (Å²) in [7, 11) is 0. The molecule has 9 aromatic rings. The van der Waals surface area contributed by atoms with Crippen molar-refractivity contribution in [1.29, 1.82) is 0 Å². The topological polar surface area (TPSA) is 31.0 Å². The van der Waals surface area contributed by atoms with Crippen LogP contribution in [0.4, 0.5) is 0 Å². The highest BCUT2D eigenvalue weighted by molar-refractivity contribution is 6.10. The van der Waals surface area contributed by atoms with Crippen LogP contribution in [0.5, 0.6) is 0 Å². The molecule has 3 nitrogen and oxygen atoms in total. The van der Waals surface area contributed by atoms with Crippen molar-refractivity contribution in [1.82, 2.24) is 9.55 Å². The normalized spacial score (nSPS) is 11.5. The molecule has 2 aromatic heterocycles. The first-order valence-electron chi connectivity index (χ1n) is 15.5. The Morgan fingerprint density at radius 3 is 1.63 bits per heavy atom. The average Bonchev–Trinajstić information content (AvgIpc) is 3.72. The highest BCUT2D eigenvalue weighted by Gasteiger charge is 2.14. The monoisotopic (exact) mass is 588 g/mol. The van der Waals surface area contributed by atoms with Crippen molar-refractivity contribution >= 4 is 32.9 Å². The van der Waals surface area contributed by atoms with Crippen LogP contribution in [0.1, 0.15) is 0 Å². The lowest BCUT2D eigenvalue weighted by atomic mass is 9.99. The van der Waals surface area contributed by atoms with Crippen LogP contribution in [0.2, 0.25) is 0 Å². The minimum Gasteiger partial charge on any atom is -0.436 e. The molecule has 7 aromatic carbocycles. The Morgan fingerprint density at radius 1 is 0.391 bits per heavy atom. The van der Waals surface area contributed by atoms with Crippen molar-refractivity contribution in [3.05, 3.63) is 170 Å². The van der Waals surface area contributed by atoms with Crippen molar-refractivity contribution in [3.63, 3.8) is 0 Å². The van der Waals surface area contributed by atoms with Crippen LogP contribution < -0.4 is 0 Å². The van der Waals surface area contributed by atoms with Gasteiger partial charge in [0.1, 0.15) is 5.52 Å². The summed E-state index contributed by atoms with van der Waals surface area (Å²) in [6.07, 6.45) is 0. The summed E-state index contributed by atoms with van der Waals surface area (Å²) in [6, 6.07) is 60.0. The Hall–Kier alpha value is -6.19. The molecule has 0 amide bonds. The first kappa shape index (κ1) is 26.2. The molecule has 0 aliphatic carbocycles. The van der Waals surface area contributed by atoms with Crippen LogP contribution >= 0.6 is 0 Å². The molecule has 0 unspecified atom stereocenters. The fourth-order valence-electron chi connectivity index (χ4n) is 6.52. The van der Waals surface area contributed by atoms with Gasteiger partial charge in [-0.3, -0.25) is 0 Å². The lowest BCUT2D eigenvalue weighted by Crippen LogP contribution is -1.93. The maximum absolute atomic E-state index is 5.97. The number of hydrogen-bond acceptors (Lipinski definition) is 2. The van der Waals surface area contributed by atoms with Gasteiger partial charge in [-0.1, -0.05) is 115 Å². The van der Waals surface area contributed by atoms with Crippen LogP contribution in [0.15, 0.2) is 174 Å². The first-order valence-corrected chi connectivity index (χ1v) is 15.5. The molecule has 0 atom stereocenters. The van der Waals surface area contributed by atoms with Crippen LogP contribution in [-0.2, 0) is 0 Å². The molecule has 0 saturated carbocycles. The minimum absolute atomic E-state index is 0.641. The van der Waals surface area contributed by atoms with E-state index in [1.54, 1.807) is 0 Å². The zero-order valence-electron chi connectivity index (χ0n) is 25.0. The lowest BCUT2D eigenvalue weighted by molar-refractivity contribution is 0.620. The van der Waals surface area contributed by atoms with Gasteiger partial charge < -0.3 is 8.98 Å². The second kappa shape index (κ2) is 10.8. The fraction of sp³-hybridized carbons (Fsp3) is 0. The second-order valence-corrected chi connectivity index (χ2v) is 11.6. The number of nitrogens with zero attached hydrogens (tertiary/aromatic N) is 2. The van der Waals surface area contributed by atoms with Gasteiger partial charge in [-0.25, -0.2) is 4.98 Å². The molecule has 216 valence electrons. The maximum atomic E-state index is 5.97. The second-order valence-electron chi connectivity index (χ2n) is 11.6. The number of aromatic nitrogens is 2. The zero-order valence-corrected chi connectivity index (χ0v) is 25.0. The lowest BCUT2D eigenvalue weighted by Gasteiger charge is -2.10. The number of benzene rings is 7. The van der Waals surface area contributed by atoms with Gasteiger partial charge in [0, 0.05) is 22.0 Å². The van der Waals surface area contributed by atoms with Crippen LogP contribution in [0.25, 0.3) is 83.4 Å². The Kier molecular flexibility index (Phi) is 6.14. The standard InChI is InChI=1S/C43H28N2O/c1-2-8-29(9-3-1)30-14-16-33(17-15-30)35-24-27-41-38(28-35)37-10-4-6-12-40(37)45(41)36-25-22-32(23-26-36)31-18-20-34(21-19-31)43-44-39-11-5-7-13-42(39)46-43/h1-28H. The van der Waals surface area contributed by atoms with E-state index in [9.17, 15) is 0 Å². The maximum Gasteiger partial charge on any atom is 0.227 e. The molecule has 0 radical (unpaired) electrons. The Bertz CT molecular complexity index is 2450. The zero-order chi connectivity index (χ0) is 30.5. The summed E-state index contributed by atoms with van der Waals surface area (Å²) < 4.78 is 8.34. The van der Waals surface area contributed by atoms with Crippen LogP contribution in [0, 0.1) is 0 Å². The molecule has 3 heteroatoms. The van der Waals surface area contributed by atoms with Gasteiger partial charge in [0.2, 0.25) is 5.89 Å². The number of oxazole rings is 1. The molecule has 2 heterocycles. The van der Waals surface area contributed by atoms with Crippen LogP contribution in [-0.4, -0.2) is 9.55 Å². The van der Waals surface area contributed by atoms with E-state index in [2.05, 4.69) is 155 Å². The summed E-state index contributed by atoms with van der Waals surface area (Å²) in [4.78, 5) is 4.64. The fourth-order valence-corrected chi connectivity index (χ4v) is 6.52. The predicted molar refractivity (Wildman–Crippen MR) is 190 cm³/mol. The van der Waals surface area contributed by atoms with Gasteiger partial charge in [-0.2, -0.15) is 0 Å². The van der Waals surface area contributed by atoms with Crippen molar-refractivity contribution in [3.8, 4) is 50.5 Å². The molecule has 0 spiro atoms. The molecule has 0 saturated heterocycles. The highest BCUT2D eigenvalue weighted by atomic mass is 16.3. The minimum atomic E-state index is 0.641. The quantitative estimate of drug-likeness (QED) is 0.200. The first-order chi connectivity index (χ1) is 22.8. The Morgan fingerprint density at radius 2 is 0.913 bits per heavy atom. The number of hydrogen-bond donors (Lipinski definition) is 0. The average molecular weight is 589 g/mol. The summed E-state index contributed by atoms with van der Waals surface area (Å²) in [5.41, 5.74) is 13.4. The molecular weight excluding hydrogens is 560 g/mol. The molecule has 0 fully saturated rings. The van der Waals surface area contributed by atoms with Gasteiger partial charge in [0.25, 0.3) is 0 Å². The van der Waals surface area contributed by atoms with E-state index in [4.69, 9.17) is 4.42 Å². The third-order valence-electron chi connectivity index (χ3n) is 8.88. The molecule has 0 N–H and O–H groups in total.